The zero-order valence-electron chi connectivity index (χ0n) is 8.41. The first kappa shape index (κ1) is 9.74. The number of hydrogen-bond acceptors (Lipinski definition) is 2. The Hall–Kier alpha value is -0.800. The molecule has 1 aromatic heterocycles. The number of H-pyrrole nitrogens is 1. The van der Waals surface area contributed by atoms with Crippen LogP contribution in [0.5, 0.6) is 0 Å². The lowest BCUT2D eigenvalue weighted by Gasteiger charge is -2.29. The Morgan fingerprint density at radius 1 is 1.50 bits per heavy atom. The second-order valence-corrected chi connectivity index (χ2v) is 3.94. The van der Waals surface area contributed by atoms with Gasteiger partial charge in [-0.25, -0.2) is 0 Å². The third-order valence-corrected chi connectivity index (χ3v) is 3.14. The minimum Gasteiger partial charge on any atom is -0.381 e. The first-order valence-electron chi connectivity index (χ1n) is 5.32. The molecule has 1 aliphatic rings. The second kappa shape index (κ2) is 4.62. The van der Waals surface area contributed by atoms with Gasteiger partial charge in [0.1, 0.15) is 0 Å². The predicted molar refractivity (Wildman–Crippen MR) is 56.1 cm³/mol. The van der Waals surface area contributed by atoms with E-state index < -0.39 is 0 Å². The third-order valence-electron chi connectivity index (χ3n) is 3.14. The average Bonchev–Trinajstić information content (AvgIpc) is 2.74. The number of aromatic amines is 1. The van der Waals surface area contributed by atoms with Crippen molar-refractivity contribution in [2.45, 2.75) is 18.8 Å². The Morgan fingerprint density at radius 3 is 2.86 bits per heavy atom. The van der Waals surface area contributed by atoms with Crippen LogP contribution < -0.4 is 5.73 Å². The van der Waals surface area contributed by atoms with Crippen molar-refractivity contribution in [3.8, 4) is 0 Å². The Balaban J connectivity index is 2.04. The molecule has 14 heavy (non-hydrogen) atoms. The van der Waals surface area contributed by atoms with Crippen LogP contribution in [0.2, 0.25) is 0 Å². The van der Waals surface area contributed by atoms with Crippen molar-refractivity contribution in [3.05, 3.63) is 24.0 Å². The fourth-order valence-corrected chi connectivity index (χ4v) is 2.29. The van der Waals surface area contributed by atoms with Gasteiger partial charge in [0.05, 0.1) is 0 Å². The summed E-state index contributed by atoms with van der Waals surface area (Å²) in [6.45, 7) is 2.53. The van der Waals surface area contributed by atoms with E-state index in [-0.39, 0.29) is 0 Å². The van der Waals surface area contributed by atoms with Gasteiger partial charge in [0.15, 0.2) is 0 Å². The molecule has 0 bridgehead atoms. The van der Waals surface area contributed by atoms with Crippen molar-refractivity contribution < 1.29 is 4.74 Å². The molecule has 1 fully saturated rings. The summed E-state index contributed by atoms with van der Waals surface area (Å²) in [5.74, 6) is 1.20. The van der Waals surface area contributed by atoms with E-state index in [9.17, 15) is 0 Å². The van der Waals surface area contributed by atoms with Crippen molar-refractivity contribution in [1.82, 2.24) is 4.98 Å². The number of ether oxygens (including phenoxy) is 1. The zero-order valence-corrected chi connectivity index (χ0v) is 8.41. The van der Waals surface area contributed by atoms with Crippen LogP contribution in [0.4, 0.5) is 0 Å². The lowest BCUT2D eigenvalue weighted by atomic mass is 9.82. The summed E-state index contributed by atoms with van der Waals surface area (Å²) in [6, 6.07) is 2.13. The van der Waals surface area contributed by atoms with E-state index in [1.807, 2.05) is 6.20 Å². The van der Waals surface area contributed by atoms with Crippen LogP contribution in [0.1, 0.15) is 24.3 Å². The largest absolute Gasteiger partial charge is 0.381 e. The van der Waals surface area contributed by atoms with Crippen LogP contribution in [-0.4, -0.2) is 24.7 Å². The van der Waals surface area contributed by atoms with E-state index in [2.05, 4.69) is 17.2 Å². The summed E-state index contributed by atoms with van der Waals surface area (Å²) < 4.78 is 5.36. The smallest absolute Gasteiger partial charge is 0.0468 e. The van der Waals surface area contributed by atoms with Crippen LogP contribution in [0.15, 0.2) is 18.5 Å². The van der Waals surface area contributed by atoms with Gasteiger partial charge in [0.2, 0.25) is 0 Å². The van der Waals surface area contributed by atoms with Crippen molar-refractivity contribution in [2.75, 3.05) is 19.8 Å². The molecule has 0 spiro atoms. The first-order chi connectivity index (χ1) is 6.92. The van der Waals surface area contributed by atoms with Gasteiger partial charge in [-0.1, -0.05) is 0 Å². The van der Waals surface area contributed by atoms with E-state index in [4.69, 9.17) is 10.5 Å². The van der Waals surface area contributed by atoms with Crippen molar-refractivity contribution >= 4 is 0 Å². The predicted octanol–water partition coefficient (Wildman–Crippen LogP) is 1.48. The first-order valence-corrected chi connectivity index (χ1v) is 5.32. The van der Waals surface area contributed by atoms with Crippen molar-refractivity contribution in [1.29, 1.82) is 0 Å². The molecule has 3 nitrogen and oxygen atoms in total. The van der Waals surface area contributed by atoms with E-state index in [1.54, 1.807) is 0 Å². The highest BCUT2D eigenvalue weighted by atomic mass is 16.5. The fourth-order valence-electron chi connectivity index (χ4n) is 2.29. The zero-order chi connectivity index (χ0) is 9.80. The summed E-state index contributed by atoms with van der Waals surface area (Å²) >= 11 is 0. The van der Waals surface area contributed by atoms with Crippen LogP contribution in [0.25, 0.3) is 0 Å². The molecule has 3 heteroatoms. The van der Waals surface area contributed by atoms with E-state index >= 15 is 0 Å². The van der Waals surface area contributed by atoms with Gasteiger partial charge in [-0.15, -0.1) is 0 Å². The number of nitrogens with two attached hydrogens (primary N) is 1. The highest BCUT2D eigenvalue weighted by Gasteiger charge is 2.24. The van der Waals surface area contributed by atoms with E-state index in [1.165, 1.54) is 5.56 Å². The third kappa shape index (κ3) is 1.99. The topological polar surface area (TPSA) is 51.0 Å². The second-order valence-electron chi connectivity index (χ2n) is 3.94. The Labute approximate surface area is 84.6 Å². The minimum atomic E-state index is 0.505. The van der Waals surface area contributed by atoms with Crippen LogP contribution in [-0.2, 0) is 4.74 Å². The number of aromatic nitrogens is 1. The van der Waals surface area contributed by atoms with E-state index in [0.717, 1.165) is 32.6 Å². The molecule has 1 saturated heterocycles. The molecule has 1 aliphatic heterocycles. The van der Waals surface area contributed by atoms with Gasteiger partial charge in [0.25, 0.3) is 0 Å². The highest BCUT2D eigenvalue weighted by Crippen LogP contribution is 2.30. The molecular weight excluding hydrogens is 176 g/mol. The summed E-state index contributed by atoms with van der Waals surface area (Å²) in [5, 5.41) is 0. The maximum atomic E-state index is 5.84. The summed E-state index contributed by atoms with van der Waals surface area (Å²) in [5.41, 5.74) is 7.19. The molecule has 2 rings (SSSR count). The lowest BCUT2D eigenvalue weighted by Crippen LogP contribution is -2.26. The molecule has 1 aromatic rings. The molecule has 0 saturated carbocycles. The summed E-state index contributed by atoms with van der Waals surface area (Å²) in [6.07, 6.45) is 6.32. The minimum absolute atomic E-state index is 0.505. The molecule has 1 atom stereocenters. The standard InChI is InChI=1S/C11H18N2O/c12-7-11(10-1-4-13-8-10)9-2-5-14-6-3-9/h1,4,8-9,11,13H,2-3,5-7,12H2. The molecule has 2 heterocycles. The summed E-state index contributed by atoms with van der Waals surface area (Å²) in [4.78, 5) is 3.10. The van der Waals surface area contributed by atoms with Crippen molar-refractivity contribution in [3.63, 3.8) is 0 Å². The lowest BCUT2D eigenvalue weighted by molar-refractivity contribution is 0.0586. The number of rotatable bonds is 3. The van der Waals surface area contributed by atoms with Gasteiger partial charge in [0, 0.05) is 31.5 Å². The molecule has 78 valence electrons. The van der Waals surface area contributed by atoms with E-state index in [0.29, 0.717) is 11.8 Å². The van der Waals surface area contributed by atoms with Crippen LogP contribution >= 0.6 is 0 Å². The monoisotopic (exact) mass is 194 g/mol. The molecule has 0 aliphatic carbocycles. The van der Waals surface area contributed by atoms with Crippen LogP contribution in [0, 0.1) is 5.92 Å². The van der Waals surface area contributed by atoms with Crippen molar-refractivity contribution in [2.24, 2.45) is 11.7 Å². The molecule has 1 unspecified atom stereocenters. The molecule has 3 N–H and O–H groups in total. The van der Waals surface area contributed by atoms with Gasteiger partial charge in [-0.05, 0) is 36.9 Å². The Bertz CT molecular complexity index is 252. The molecular formula is C11H18N2O. The Kier molecular flexibility index (Phi) is 3.22. The Morgan fingerprint density at radius 2 is 2.29 bits per heavy atom. The molecule has 0 amide bonds. The maximum Gasteiger partial charge on any atom is 0.0468 e. The van der Waals surface area contributed by atoms with Gasteiger partial charge in [-0.3, -0.25) is 0 Å². The van der Waals surface area contributed by atoms with Gasteiger partial charge < -0.3 is 15.5 Å². The molecule has 0 radical (unpaired) electrons. The highest BCUT2D eigenvalue weighted by molar-refractivity contribution is 5.16. The van der Waals surface area contributed by atoms with Gasteiger partial charge >= 0.3 is 0 Å². The quantitative estimate of drug-likeness (QED) is 0.765. The normalized spacial score (nSPS) is 20.9. The van der Waals surface area contributed by atoms with Crippen LogP contribution in [0.3, 0.4) is 0 Å². The maximum absolute atomic E-state index is 5.84. The number of nitrogens with one attached hydrogen (secondary N) is 1. The fraction of sp³-hybridized carbons (Fsp3) is 0.636. The average molecular weight is 194 g/mol. The SMILES string of the molecule is NCC(c1cc[nH]c1)C1CCOCC1. The number of hydrogen-bond donors (Lipinski definition) is 2. The summed E-state index contributed by atoms with van der Waals surface area (Å²) in [7, 11) is 0. The molecule has 0 aromatic carbocycles. The van der Waals surface area contributed by atoms with Gasteiger partial charge in [-0.2, -0.15) is 0 Å².